The van der Waals surface area contributed by atoms with Crippen molar-refractivity contribution < 1.29 is 32.2 Å². The van der Waals surface area contributed by atoms with E-state index in [0.717, 1.165) is 9.87 Å². The number of carbonyl (C=O) groups is 2. The molecular formula is C32H40ClN3O7S. The maximum Gasteiger partial charge on any atom is 0.264 e. The van der Waals surface area contributed by atoms with Crippen LogP contribution in [0.25, 0.3) is 0 Å². The Balaban J connectivity index is 2.10. The van der Waals surface area contributed by atoms with Crippen LogP contribution < -0.4 is 23.8 Å². The number of benzene rings is 3. The minimum atomic E-state index is -4.33. The third-order valence-corrected chi connectivity index (χ3v) is 8.75. The lowest BCUT2D eigenvalue weighted by molar-refractivity contribution is -0.141. The van der Waals surface area contributed by atoms with Gasteiger partial charge in [0.15, 0.2) is 11.5 Å². The van der Waals surface area contributed by atoms with Gasteiger partial charge in [-0.2, -0.15) is 0 Å². The summed E-state index contributed by atoms with van der Waals surface area (Å²) in [5, 5.41) is 3.35. The van der Waals surface area contributed by atoms with Crippen molar-refractivity contribution in [3.63, 3.8) is 0 Å². The zero-order valence-corrected chi connectivity index (χ0v) is 27.7. The highest BCUT2D eigenvalue weighted by Gasteiger charge is 2.35. The van der Waals surface area contributed by atoms with Crippen LogP contribution in [-0.4, -0.2) is 64.6 Å². The van der Waals surface area contributed by atoms with E-state index >= 15 is 0 Å². The average Bonchev–Trinajstić information content (AvgIpc) is 2.99. The Bertz CT molecular complexity index is 1540. The quantitative estimate of drug-likeness (QED) is 0.269. The molecule has 0 unspecified atom stereocenters. The van der Waals surface area contributed by atoms with Crippen molar-refractivity contribution in [3.05, 3.63) is 77.3 Å². The molecule has 0 spiro atoms. The molecule has 3 aromatic rings. The molecule has 0 aromatic heterocycles. The van der Waals surface area contributed by atoms with Crippen LogP contribution in [0.5, 0.6) is 17.2 Å². The van der Waals surface area contributed by atoms with Crippen LogP contribution in [0.15, 0.2) is 71.6 Å². The molecule has 12 heteroatoms. The van der Waals surface area contributed by atoms with Crippen LogP contribution in [0.2, 0.25) is 5.02 Å². The molecule has 0 fully saturated rings. The number of ether oxygens (including phenoxy) is 3. The van der Waals surface area contributed by atoms with Gasteiger partial charge in [-0.15, -0.1) is 0 Å². The Labute approximate surface area is 264 Å². The van der Waals surface area contributed by atoms with E-state index in [1.807, 2.05) is 20.8 Å². The molecule has 0 aliphatic heterocycles. The number of halogens is 1. The Morgan fingerprint density at radius 3 is 2.02 bits per heavy atom. The maximum absolute atomic E-state index is 14.2. The predicted molar refractivity (Wildman–Crippen MR) is 171 cm³/mol. The van der Waals surface area contributed by atoms with E-state index < -0.39 is 34.1 Å². The molecule has 0 bridgehead atoms. The lowest BCUT2D eigenvalue weighted by Crippen LogP contribution is -2.55. The Hall–Kier alpha value is -3.96. The molecule has 3 aromatic carbocycles. The summed E-state index contributed by atoms with van der Waals surface area (Å²) in [6.07, 6.45) is 0.299. The third kappa shape index (κ3) is 8.57. The van der Waals surface area contributed by atoms with Gasteiger partial charge in [-0.25, -0.2) is 8.42 Å². The van der Waals surface area contributed by atoms with Gasteiger partial charge >= 0.3 is 0 Å². The molecule has 3 rings (SSSR count). The van der Waals surface area contributed by atoms with Gasteiger partial charge < -0.3 is 24.4 Å². The molecule has 0 radical (unpaired) electrons. The second-order valence-corrected chi connectivity index (χ2v) is 13.3. The van der Waals surface area contributed by atoms with Gasteiger partial charge in [-0.3, -0.25) is 13.9 Å². The van der Waals surface area contributed by atoms with Gasteiger partial charge in [0.1, 0.15) is 18.3 Å². The molecule has 0 heterocycles. The van der Waals surface area contributed by atoms with Crippen molar-refractivity contribution in [1.29, 1.82) is 0 Å². The summed E-state index contributed by atoms with van der Waals surface area (Å²) >= 11 is 6.11. The van der Waals surface area contributed by atoms with Crippen LogP contribution in [-0.2, 0) is 26.2 Å². The number of sulfonamides is 1. The monoisotopic (exact) mass is 645 g/mol. The van der Waals surface area contributed by atoms with E-state index in [4.69, 9.17) is 25.8 Å². The summed E-state index contributed by atoms with van der Waals surface area (Å²) in [5.41, 5.74) is 0.405. The molecule has 0 saturated carbocycles. The molecular weight excluding hydrogens is 606 g/mol. The Morgan fingerprint density at radius 1 is 0.886 bits per heavy atom. The van der Waals surface area contributed by atoms with Gasteiger partial charge in [0, 0.05) is 23.2 Å². The number of nitrogens with zero attached hydrogens (tertiary/aromatic N) is 2. The Morgan fingerprint density at radius 2 is 1.50 bits per heavy atom. The first-order chi connectivity index (χ1) is 20.7. The smallest absolute Gasteiger partial charge is 0.264 e. The fraction of sp³-hybridized carbons (Fsp3) is 0.375. The fourth-order valence-electron chi connectivity index (χ4n) is 4.54. The van der Waals surface area contributed by atoms with E-state index in [9.17, 15) is 18.0 Å². The van der Waals surface area contributed by atoms with Crippen LogP contribution in [0.3, 0.4) is 0 Å². The molecule has 0 aliphatic rings. The SMILES string of the molecule is CC[C@H](C(=O)NC(C)(C)C)N(Cc1ccc(OC)cc1)C(=O)CN(c1ccc(Cl)cc1)S(=O)(=O)c1ccc(OC)c(OC)c1. The number of hydrogen-bond acceptors (Lipinski definition) is 7. The second kappa shape index (κ2) is 14.7. The molecule has 1 atom stereocenters. The van der Waals surface area contributed by atoms with Crippen molar-refractivity contribution in [2.45, 2.75) is 57.1 Å². The maximum atomic E-state index is 14.2. The van der Waals surface area contributed by atoms with E-state index in [0.29, 0.717) is 22.9 Å². The molecule has 1 N–H and O–H groups in total. The lowest BCUT2D eigenvalue weighted by Gasteiger charge is -2.34. The molecule has 2 amide bonds. The number of carbonyl (C=O) groups excluding carboxylic acids is 2. The van der Waals surface area contributed by atoms with E-state index in [-0.39, 0.29) is 28.8 Å². The van der Waals surface area contributed by atoms with Gasteiger partial charge in [-0.1, -0.05) is 30.7 Å². The summed E-state index contributed by atoms with van der Waals surface area (Å²) in [6, 6.07) is 16.6. The van der Waals surface area contributed by atoms with Crippen LogP contribution in [0.4, 0.5) is 5.69 Å². The topological polar surface area (TPSA) is 114 Å². The van der Waals surface area contributed by atoms with Gasteiger partial charge in [0.2, 0.25) is 11.8 Å². The molecule has 44 heavy (non-hydrogen) atoms. The number of nitrogens with one attached hydrogen (secondary N) is 1. The summed E-state index contributed by atoms with van der Waals surface area (Å²) in [5.74, 6) is 0.279. The highest BCUT2D eigenvalue weighted by molar-refractivity contribution is 7.92. The van der Waals surface area contributed by atoms with Gasteiger partial charge in [0.05, 0.1) is 31.9 Å². The molecule has 10 nitrogen and oxygen atoms in total. The van der Waals surface area contributed by atoms with Gasteiger partial charge in [-0.05, 0) is 81.3 Å². The van der Waals surface area contributed by atoms with E-state index in [1.54, 1.807) is 50.4 Å². The standard InChI is InChI=1S/C32H40ClN3O7S/c1-8-27(31(38)34-32(2,3)4)35(20-22-9-15-25(41-5)16-10-22)30(37)21-36(24-13-11-23(33)12-14-24)44(39,40)26-17-18-28(42-6)29(19-26)43-7/h9-19,27H,8,20-21H2,1-7H3,(H,34,38)/t27-/m1/s1. The fourth-order valence-corrected chi connectivity index (χ4v) is 6.10. The van der Waals surface area contributed by atoms with Crippen LogP contribution >= 0.6 is 11.6 Å². The lowest BCUT2D eigenvalue weighted by atomic mass is 10.1. The zero-order valence-electron chi connectivity index (χ0n) is 26.1. The highest BCUT2D eigenvalue weighted by atomic mass is 35.5. The summed E-state index contributed by atoms with van der Waals surface area (Å²) in [6.45, 7) is 6.83. The van der Waals surface area contributed by atoms with Crippen LogP contribution in [0, 0.1) is 0 Å². The minimum Gasteiger partial charge on any atom is -0.497 e. The van der Waals surface area contributed by atoms with Crippen molar-refractivity contribution in [1.82, 2.24) is 10.2 Å². The predicted octanol–water partition coefficient (Wildman–Crippen LogP) is 5.28. The number of amides is 2. The Kier molecular flexibility index (Phi) is 11.5. The molecule has 0 saturated heterocycles. The minimum absolute atomic E-state index is 0.0593. The zero-order chi connectivity index (χ0) is 32.7. The number of rotatable bonds is 13. The largest absolute Gasteiger partial charge is 0.497 e. The average molecular weight is 646 g/mol. The summed E-state index contributed by atoms with van der Waals surface area (Å²) < 4.78 is 45.2. The summed E-state index contributed by atoms with van der Waals surface area (Å²) in [4.78, 5) is 29.0. The van der Waals surface area contributed by atoms with E-state index in [1.165, 1.54) is 49.5 Å². The first-order valence-corrected chi connectivity index (χ1v) is 15.8. The highest BCUT2D eigenvalue weighted by Crippen LogP contribution is 2.33. The van der Waals surface area contributed by atoms with Crippen molar-refractivity contribution in [2.75, 3.05) is 32.2 Å². The number of methoxy groups -OCH3 is 3. The first kappa shape index (κ1) is 34.5. The van der Waals surface area contributed by atoms with E-state index in [2.05, 4.69) is 5.32 Å². The molecule has 0 aliphatic carbocycles. The number of hydrogen-bond donors (Lipinski definition) is 1. The summed E-state index contributed by atoms with van der Waals surface area (Å²) in [7, 11) is 0.0768. The second-order valence-electron chi connectivity index (χ2n) is 11.0. The van der Waals surface area contributed by atoms with Gasteiger partial charge in [0.25, 0.3) is 10.0 Å². The van der Waals surface area contributed by atoms with Crippen molar-refractivity contribution in [3.8, 4) is 17.2 Å². The number of anilines is 1. The molecule has 238 valence electrons. The van der Waals surface area contributed by atoms with Crippen molar-refractivity contribution in [2.24, 2.45) is 0 Å². The van der Waals surface area contributed by atoms with Crippen molar-refractivity contribution >= 4 is 39.1 Å². The normalized spacial score (nSPS) is 12.2. The van der Waals surface area contributed by atoms with Crippen LogP contribution in [0.1, 0.15) is 39.7 Å². The third-order valence-electron chi connectivity index (χ3n) is 6.73. The first-order valence-electron chi connectivity index (χ1n) is 14.0.